The second kappa shape index (κ2) is 9.42. The van der Waals surface area contributed by atoms with Crippen molar-refractivity contribution in [3.05, 3.63) is 29.3 Å². The molecule has 3 amide bonds. The van der Waals surface area contributed by atoms with Crippen LogP contribution in [0.25, 0.3) is 0 Å². The van der Waals surface area contributed by atoms with Crippen LogP contribution in [0.1, 0.15) is 26.7 Å². The molecule has 0 radical (unpaired) electrons. The van der Waals surface area contributed by atoms with Gasteiger partial charge in [-0.2, -0.15) is 0 Å². The van der Waals surface area contributed by atoms with Crippen LogP contribution in [0.5, 0.6) is 0 Å². The number of nitrogens with one attached hydrogen (secondary N) is 2. The molecule has 1 aromatic carbocycles. The first-order valence-corrected chi connectivity index (χ1v) is 9.78. The lowest BCUT2D eigenvalue weighted by Gasteiger charge is -2.33. The highest BCUT2D eigenvalue weighted by Gasteiger charge is 2.28. The van der Waals surface area contributed by atoms with E-state index < -0.39 is 0 Å². The maximum atomic E-state index is 12.5. The molecule has 1 aliphatic rings. The molecular formula is C20H31ClN4O2. The third-order valence-electron chi connectivity index (χ3n) is 4.71. The fourth-order valence-electron chi connectivity index (χ4n) is 3.50. The first kappa shape index (κ1) is 21.5. The number of urea groups is 1. The Morgan fingerprint density at radius 1 is 1.26 bits per heavy atom. The largest absolute Gasteiger partial charge is 0.355 e. The van der Waals surface area contributed by atoms with Gasteiger partial charge < -0.3 is 20.4 Å². The van der Waals surface area contributed by atoms with Gasteiger partial charge in [0.05, 0.1) is 0 Å². The summed E-state index contributed by atoms with van der Waals surface area (Å²) in [5, 5.41) is 6.53. The Labute approximate surface area is 167 Å². The van der Waals surface area contributed by atoms with Crippen molar-refractivity contribution in [1.29, 1.82) is 0 Å². The number of carbonyl (C=O) groups excluding carboxylic acids is 2. The highest BCUT2D eigenvalue weighted by molar-refractivity contribution is 6.30. The highest BCUT2D eigenvalue weighted by atomic mass is 35.5. The Balaban J connectivity index is 1.77. The van der Waals surface area contributed by atoms with Crippen LogP contribution < -0.4 is 10.6 Å². The molecule has 0 unspecified atom stereocenters. The summed E-state index contributed by atoms with van der Waals surface area (Å²) < 4.78 is 0. The fraction of sp³-hybridized carbons (Fsp3) is 0.600. The van der Waals surface area contributed by atoms with Crippen molar-refractivity contribution >= 4 is 29.2 Å². The standard InChI is InChI=1S/C20H31ClN4O2/c1-20(2,14-24(3)4)13-22-18(26)15-8-10-25(11-9-15)19(27)23-17-7-5-6-16(21)12-17/h5-7,12,15H,8-11,13-14H2,1-4H3,(H,22,26)(H,23,27). The normalized spacial score (nSPS) is 15.7. The number of nitrogens with zero attached hydrogens (tertiary/aromatic N) is 2. The molecule has 0 aromatic heterocycles. The molecule has 0 aliphatic carbocycles. The van der Waals surface area contributed by atoms with Crippen LogP contribution in [0.4, 0.5) is 10.5 Å². The van der Waals surface area contributed by atoms with Crippen LogP contribution in [0, 0.1) is 11.3 Å². The first-order valence-electron chi connectivity index (χ1n) is 9.40. The Hall–Kier alpha value is -1.79. The number of benzene rings is 1. The topological polar surface area (TPSA) is 64.7 Å². The zero-order chi connectivity index (χ0) is 20.0. The van der Waals surface area contributed by atoms with Crippen LogP contribution in [-0.2, 0) is 4.79 Å². The Morgan fingerprint density at radius 2 is 1.93 bits per heavy atom. The third-order valence-corrected chi connectivity index (χ3v) is 4.95. The quantitative estimate of drug-likeness (QED) is 0.778. The Morgan fingerprint density at radius 3 is 2.52 bits per heavy atom. The monoisotopic (exact) mass is 394 g/mol. The Kier molecular flexibility index (Phi) is 7.50. The summed E-state index contributed by atoms with van der Waals surface area (Å²) in [7, 11) is 4.07. The number of piperidine rings is 1. The fourth-order valence-corrected chi connectivity index (χ4v) is 3.69. The van der Waals surface area contributed by atoms with Crippen LogP contribution in [0.15, 0.2) is 24.3 Å². The maximum absolute atomic E-state index is 12.5. The van der Waals surface area contributed by atoms with E-state index in [4.69, 9.17) is 11.6 Å². The van der Waals surface area contributed by atoms with Crippen molar-refractivity contribution in [3.63, 3.8) is 0 Å². The summed E-state index contributed by atoms with van der Waals surface area (Å²) in [6.45, 7) is 7.01. The van der Waals surface area contributed by atoms with Gasteiger partial charge in [0, 0.05) is 42.8 Å². The molecule has 0 saturated carbocycles. The van der Waals surface area contributed by atoms with Gasteiger partial charge in [-0.25, -0.2) is 4.79 Å². The van der Waals surface area contributed by atoms with Crippen LogP contribution in [0.3, 0.4) is 0 Å². The zero-order valence-corrected chi connectivity index (χ0v) is 17.5. The molecule has 6 nitrogen and oxygen atoms in total. The summed E-state index contributed by atoms with van der Waals surface area (Å²) in [6.07, 6.45) is 1.37. The molecule has 0 spiro atoms. The summed E-state index contributed by atoms with van der Waals surface area (Å²) in [4.78, 5) is 28.7. The third kappa shape index (κ3) is 7.03. The van der Waals surface area contributed by atoms with E-state index >= 15 is 0 Å². The number of hydrogen-bond donors (Lipinski definition) is 2. The molecule has 1 saturated heterocycles. The predicted octanol–water partition coefficient (Wildman–Crippen LogP) is 3.29. The van der Waals surface area contributed by atoms with Gasteiger partial charge in [-0.1, -0.05) is 31.5 Å². The van der Waals surface area contributed by atoms with Crippen molar-refractivity contribution in [1.82, 2.24) is 15.1 Å². The molecule has 1 heterocycles. The van der Waals surface area contributed by atoms with Crippen LogP contribution >= 0.6 is 11.6 Å². The van der Waals surface area contributed by atoms with Gasteiger partial charge in [-0.05, 0) is 50.6 Å². The van der Waals surface area contributed by atoms with E-state index in [-0.39, 0.29) is 23.3 Å². The minimum absolute atomic E-state index is 0.0245. The molecule has 0 atom stereocenters. The van der Waals surface area contributed by atoms with E-state index in [9.17, 15) is 9.59 Å². The van der Waals surface area contributed by atoms with Gasteiger partial charge in [0.25, 0.3) is 0 Å². The van der Waals surface area contributed by atoms with E-state index in [0.29, 0.717) is 43.2 Å². The molecule has 1 aromatic rings. The predicted molar refractivity (Wildman–Crippen MR) is 110 cm³/mol. The van der Waals surface area contributed by atoms with Gasteiger partial charge in [-0.3, -0.25) is 4.79 Å². The smallest absolute Gasteiger partial charge is 0.321 e. The van der Waals surface area contributed by atoms with Crippen molar-refractivity contribution < 1.29 is 9.59 Å². The molecule has 7 heteroatoms. The number of rotatable bonds is 6. The molecule has 1 aliphatic heterocycles. The summed E-state index contributed by atoms with van der Waals surface area (Å²) in [5.41, 5.74) is 0.701. The second-order valence-corrected chi connectivity index (χ2v) is 8.76. The van der Waals surface area contributed by atoms with E-state index in [2.05, 4.69) is 29.4 Å². The minimum Gasteiger partial charge on any atom is -0.355 e. The molecular weight excluding hydrogens is 364 g/mol. The average molecular weight is 395 g/mol. The van der Waals surface area contributed by atoms with E-state index in [0.717, 1.165) is 6.54 Å². The lowest BCUT2D eigenvalue weighted by molar-refractivity contribution is -0.126. The van der Waals surface area contributed by atoms with Gasteiger partial charge >= 0.3 is 6.03 Å². The number of likely N-dealkylation sites (tertiary alicyclic amines) is 1. The Bertz CT molecular complexity index is 655. The number of hydrogen-bond acceptors (Lipinski definition) is 3. The van der Waals surface area contributed by atoms with Crippen molar-refractivity contribution in [3.8, 4) is 0 Å². The average Bonchev–Trinajstić information content (AvgIpc) is 2.59. The van der Waals surface area contributed by atoms with E-state index in [1.807, 2.05) is 14.1 Å². The van der Waals surface area contributed by atoms with Crippen LogP contribution in [-0.4, -0.2) is 62.0 Å². The van der Waals surface area contributed by atoms with Gasteiger partial charge in [-0.15, -0.1) is 0 Å². The molecule has 2 N–H and O–H groups in total. The summed E-state index contributed by atoms with van der Waals surface area (Å²) in [5.74, 6) is 0.0621. The number of carbonyl (C=O) groups is 2. The van der Waals surface area contributed by atoms with Gasteiger partial charge in [0.2, 0.25) is 5.91 Å². The first-order chi connectivity index (χ1) is 12.7. The highest BCUT2D eigenvalue weighted by Crippen LogP contribution is 2.21. The molecule has 0 bridgehead atoms. The lowest BCUT2D eigenvalue weighted by Crippen LogP contribution is -2.46. The number of amides is 3. The van der Waals surface area contributed by atoms with E-state index in [1.165, 1.54) is 0 Å². The summed E-state index contributed by atoms with van der Waals surface area (Å²) in [6, 6.07) is 6.94. The van der Waals surface area contributed by atoms with Crippen molar-refractivity contribution in [2.75, 3.05) is 45.6 Å². The van der Waals surface area contributed by atoms with Crippen molar-refractivity contribution in [2.24, 2.45) is 11.3 Å². The second-order valence-electron chi connectivity index (χ2n) is 8.32. The number of anilines is 1. The molecule has 27 heavy (non-hydrogen) atoms. The molecule has 150 valence electrons. The van der Waals surface area contributed by atoms with Gasteiger partial charge in [0.1, 0.15) is 0 Å². The SMILES string of the molecule is CN(C)CC(C)(C)CNC(=O)C1CCN(C(=O)Nc2cccc(Cl)c2)CC1. The molecule has 2 rings (SSSR count). The van der Waals surface area contributed by atoms with Crippen LogP contribution in [0.2, 0.25) is 5.02 Å². The van der Waals surface area contributed by atoms with E-state index in [1.54, 1.807) is 29.2 Å². The zero-order valence-electron chi connectivity index (χ0n) is 16.7. The minimum atomic E-state index is -0.150. The van der Waals surface area contributed by atoms with Crippen molar-refractivity contribution in [2.45, 2.75) is 26.7 Å². The number of halogens is 1. The molecule has 1 fully saturated rings. The maximum Gasteiger partial charge on any atom is 0.321 e. The summed E-state index contributed by atoms with van der Waals surface area (Å²) >= 11 is 5.95. The lowest BCUT2D eigenvalue weighted by atomic mass is 9.91. The van der Waals surface area contributed by atoms with Gasteiger partial charge in [0.15, 0.2) is 0 Å².